The summed E-state index contributed by atoms with van der Waals surface area (Å²) >= 11 is 6.20. The highest BCUT2D eigenvalue weighted by atomic mass is 35.5. The normalized spacial score (nSPS) is 10.4. The van der Waals surface area contributed by atoms with Gasteiger partial charge in [0.25, 0.3) is 5.91 Å². The molecule has 7 heteroatoms. The summed E-state index contributed by atoms with van der Waals surface area (Å²) in [6.45, 7) is 0.458. The van der Waals surface area contributed by atoms with Gasteiger partial charge in [-0.15, -0.1) is 0 Å². The molecule has 0 aliphatic rings. The predicted octanol–water partition coefficient (Wildman–Crippen LogP) is 3.33. The predicted molar refractivity (Wildman–Crippen MR) is 94.2 cm³/mol. The topological polar surface area (TPSA) is 71.8 Å². The molecular weight excluding hydrogens is 326 g/mol. The fraction of sp³-hybridized carbons (Fsp3) is 0.118. The van der Waals surface area contributed by atoms with E-state index in [-0.39, 0.29) is 5.91 Å². The Morgan fingerprint density at radius 2 is 2.00 bits per heavy atom. The van der Waals surface area contributed by atoms with E-state index < -0.39 is 0 Å². The number of benzene rings is 2. The summed E-state index contributed by atoms with van der Waals surface area (Å²) in [5.74, 6) is 0.574. The third-order valence-electron chi connectivity index (χ3n) is 3.50. The summed E-state index contributed by atoms with van der Waals surface area (Å²) in [5.41, 5.74) is 1.93. The number of amides is 1. The standard InChI is InChI=1S/C17H16ClN5O/c1-23-16(20-11-21-23)10-19-15-9-12(7-8-14(15)18)17(24)22-13-5-3-2-4-6-13/h2-9,11,19H,10H2,1H3,(H,22,24). The van der Waals surface area contributed by atoms with Crippen molar-refractivity contribution in [3.63, 3.8) is 0 Å². The highest BCUT2D eigenvalue weighted by Gasteiger charge is 2.10. The van der Waals surface area contributed by atoms with Gasteiger partial charge in [-0.3, -0.25) is 9.48 Å². The van der Waals surface area contributed by atoms with Gasteiger partial charge in [0.2, 0.25) is 0 Å². The molecule has 24 heavy (non-hydrogen) atoms. The molecule has 0 aliphatic heterocycles. The molecule has 0 bridgehead atoms. The molecule has 122 valence electrons. The van der Waals surface area contributed by atoms with E-state index in [4.69, 9.17) is 11.6 Å². The average Bonchev–Trinajstić information content (AvgIpc) is 3.00. The molecule has 0 unspecified atom stereocenters. The van der Waals surface area contributed by atoms with Crippen LogP contribution < -0.4 is 10.6 Å². The number of hydrogen-bond donors (Lipinski definition) is 2. The summed E-state index contributed by atoms with van der Waals surface area (Å²) in [6, 6.07) is 14.4. The van der Waals surface area contributed by atoms with Crippen molar-refractivity contribution in [1.82, 2.24) is 14.8 Å². The summed E-state index contributed by atoms with van der Waals surface area (Å²) in [6.07, 6.45) is 1.49. The van der Waals surface area contributed by atoms with E-state index in [2.05, 4.69) is 20.7 Å². The van der Waals surface area contributed by atoms with Crippen LogP contribution in [0.3, 0.4) is 0 Å². The minimum atomic E-state index is -0.195. The average molecular weight is 342 g/mol. The van der Waals surface area contributed by atoms with Gasteiger partial charge in [-0.25, -0.2) is 4.98 Å². The first-order valence-corrected chi connectivity index (χ1v) is 7.74. The smallest absolute Gasteiger partial charge is 0.255 e. The zero-order valence-corrected chi connectivity index (χ0v) is 13.8. The molecule has 0 saturated heterocycles. The highest BCUT2D eigenvalue weighted by molar-refractivity contribution is 6.33. The molecule has 3 rings (SSSR count). The number of para-hydroxylation sites is 1. The van der Waals surface area contributed by atoms with Gasteiger partial charge in [0.1, 0.15) is 12.2 Å². The maximum absolute atomic E-state index is 12.4. The molecule has 0 saturated carbocycles. The summed E-state index contributed by atoms with van der Waals surface area (Å²) < 4.78 is 1.67. The summed E-state index contributed by atoms with van der Waals surface area (Å²) in [5, 5.41) is 10.6. The van der Waals surface area contributed by atoms with Crippen molar-refractivity contribution in [3.05, 3.63) is 71.3 Å². The van der Waals surface area contributed by atoms with E-state index >= 15 is 0 Å². The fourth-order valence-corrected chi connectivity index (χ4v) is 2.37. The lowest BCUT2D eigenvalue weighted by Gasteiger charge is -2.10. The fourth-order valence-electron chi connectivity index (χ4n) is 2.18. The Bertz CT molecular complexity index is 847. The highest BCUT2D eigenvalue weighted by Crippen LogP contribution is 2.24. The molecule has 2 aromatic carbocycles. The Hall–Kier alpha value is -2.86. The van der Waals surface area contributed by atoms with E-state index in [1.165, 1.54) is 6.33 Å². The number of anilines is 2. The molecule has 0 radical (unpaired) electrons. The lowest BCUT2D eigenvalue weighted by Crippen LogP contribution is -2.13. The van der Waals surface area contributed by atoms with Gasteiger partial charge in [0.05, 0.1) is 17.3 Å². The first kappa shape index (κ1) is 16.0. The summed E-state index contributed by atoms with van der Waals surface area (Å²) in [4.78, 5) is 16.5. The number of hydrogen-bond acceptors (Lipinski definition) is 4. The van der Waals surface area contributed by atoms with Gasteiger partial charge in [-0.1, -0.05) is 29.8 Å². The Morgan fingerprint density at radius 3 is 2.71 bits per heavy atom. The van der Waals surface area contributed by atoms with E-state index in [0.717, 1.165) is 11.5 Å². The number of nitrogens with zero attached hydrogens (tertiary/aromatic N) is 3. The molecule has 0 atom stereocenters. The van der Waals surface area contributed by atoms with Crippen LogP contribution in [0.1, 0.15) is 16.2 Å². The molecule has 6 nitrogen and oxygen atoms in total. The third-order valence-corrected chi connectivity index (χ3v) is 3.83. The second-order valence-corrected chi connectivity index (χ2v) is 5.58. The maximum atomic E-state index is 12.4. The maximum Gasteiger partial charge on any atom is 0.255 e. The van der Waals surface area contributed by atoms with Crippen molar-refractivity contribution in [3.8, 4) is 0 Å². The van der Waals surface area contributed by atoms with Gasteiger partial charge in [-0.05, 0) is 30.3 Å². The number of aryl methyl sites for hydroxylation is 1. The van der Waals surface area contributed by atoms with Crippen LogP contribution in [0.15, 0.2) is 54.9 Å². The Labute approximate surface area is 144 Å². The molecule has 0 fully saturated rings. The Balaban J connectivity index is 1.73. The summed E-state index contributed by atoms with van der Waals surface area (Å²) in [7, 11) is 1.81. The van der Waals surface area contributed by atoms with Crippen molar-refractivity contribution in [1.29, 1.82) is 0 Å². The first-order valence-electron chi connectivity index (χ1n) is 7.36. The van der Waals surface area contributed by atoms with Crippen molar-refractivity contribution in [2.24, 2.45) is 7.05 Å². The third kappa shape index (κ3) is 3.72. The van der Waals surface area contributed by atoms with E-state index in [0.29, 0.717) is 22.8 Å². The van der Waals surface area contributed by atoms with Gasteiger partial charge in [-0.2, -0.15) is 5.10 Å². The first-order chi connectivity index (χ1) is 11.6. The lowest BCUT2D eigenvalue weighted by atomic mass is 10.1. The van der Waals surface area contributed by atoms with Crippen molar-refractivity contribution in [2.75, 3.05) is 10.6 Å². The molecule has 0 aliphatic carbocycles. The van der Waals surface area contributed by atoms with Crippen LogP contribution in [-0.4, -0.2) is 20.7 Å². The van der Waals surface area contributed by atoms with Crippen molar-refractivity contribution >= 4 is 28.9 Å². The molecule has 1 amide bonds. The number of carbonyl (C=O) groups excluding carboxylic acids is 1. The van der Waals surface area contributed by atoms with Crippen molar-refractivity contribution in [2.45, 2.75) is 6.54 Å². The largest absolute Gasteiger partial charge is 0.377 e. The molecule has 1 aromatic heterocycles. The van der Waals surface area contributed by atoms with E-state index in [1.807, 2.05) is 37.4 Å². The van der Waals surface area contributed by atoms with Crippen LogP contribution in [0, 0.1) is 0 Å². The van der Waals surface area contributed by atoms with Crippen LogP contribution in [0.5, 0.6) is 0 Å². The van der Waals surface area contributed by atoms with Crippen molar-refractivity contribution < 1.29 is 4.79 Å². The van der Waals surface area contributed by atoms with Crippen LogP contribution in [0.25, 0.3) is 0 Å². The van der Waals surface area contributed by atoms with Crippen LogP contribution in [0.4, 0.5) is 11.4 Å². The van der Waals surface area contributed by atoms with Gasteiger partial charge < -0.3 is 10.6 Å². The number of aromatic nitrogens is 3. The second kappa shape index (κ2) is 7.14. The zero-order chi connectivity index (χ0) is 16.9. The molecule has 1 heterocycles. The number of carbonyl (C=O) groups is 1. The molecule has 2 N–H and O–H groups in total. The second-order valence-electron chi connectivity index (χ2n) is 5.17. The molecular formula is C17H16ClN5O. The van der Waals surface area contributed by atoms with Crippen LogP contribution in [0.2, 0.25) is 5.02 Å². The van der Waals surface area contributed by atoms with E-state index in [9.17, 15) is 4.79 Å². The van der Waals surface area contributed by atoms with Gasteiger partial charge >= 0.3 is 0 Å². The van der Waals surface area contributed by atoms with Gasteiger partial charge in [0.15, 0.2) is 0 Å². The minimum absolute atomic E-state index is 0.195. The zero-order valence-electron chi connectivity index (χ0n) is 13.0. The lowest BCUT2D eigenvalue weighted by molar-refractivity contribution is 0.102. The Kier molecular flexibility index (Phi) is 4.77. The molecule has 0 spiro atoms. The van der Waals surface area contributed by atoms with Gasteiger partial charge in [0, 0.05) is 18.3 Å². The number of halogens is 1. The number of nitrogens with one attached hydrogen (secondary N) is 2. The number of rotatable bonds is 5. The monoisotopic (exact) mass is 341 g/mol. The quantitative estimate of drug-likeness (QED) is 0.746. The Morgan fingerprint density at radius 1 is 1.21 bits per heavy atom. The van der Waals surface area contributed by atoms with E-state index in [1.54, 1.807) is 22.9 Å². The van der Waals surface area contributed by atoms with Crippen LogP contribution >= 0.6 is 11.6 Å². The van der Waals surface area contributed by atoms with Crippen LogP contribution in [-0.2, 0) is 13.6 Å². The minimum Gasteiger partial charge on any atom is -0.377 e. The SMILES string of the molecule is Cn1ncnc1CNc1cc(C(=O)Nc2ccccc2)ccc1Cl. The molecule has 3 aromatic rings.